The van der Waals surface area contributed by atoms with E-state index < -0.39 is 12.3 Å². The first-order valence-electron chi connectivity index (χ1n) is 4.37. The van der Waals surface area contributed by atoms with E-state index >= 15 is 0 Å². The molecule has 1 saturated heterocycles. The van der Waals surface area contributed by atoms with Gasteiger partial charge in [-0.25, -0.2) is 9.59 Å². The minimum atomic E-state index is -1.26. The van der Waals surface area contributed by atoms with Crippen LogP contribution in [-0.2, 0) is 14.2 Å². The topological polar surface area (TPSA) is 82.1 Å². The molecule has 1 N–H and O–H groups in total. The average Bonchev–Trinajstić information content (AvgIpc) is 2.50. The summed E-state index contributed by atoms with van der Waals surface area (Å²) in [6.07, 6.45) is -0.0336. The zero-order chi connectivity index (χ0) is 10.4. The minimum absolute atomic E-state index is 0.177. The van der Waals surface area contributed by atoms with Crippen LogP contribution >= 0.6 is 0 Å². The van der Waals surface area contributed by atoms with Crippen molar-refractivity contribution in [3.8, 4) is 0 Å². The largest absolute Gasteiger partial charge is 0.508 e. The summed E-state index contributed by atoms with van der Waals surface area (Å²) < 4.78 is 13.7. The molecule has 0 bridgehead atoms. The van der Waals surface area contributed by atoms with Gasteiger partial charge >= 0.3 is 12.3 Å². The van der Waals surface area contributed by atoms with Crippen LogP contribution in [0.5, 0.6) is 0 Å². The van der Waals surface area contributed by atoms with Gasteiger partial charge in [0.2, 0.25) is 0 Å². The Morgan fingerprint density at radius 1 is 1.57 bits per heavy atom. The Bertz CT molecular complexity index is 214. The number of hydrogen-bond donors (Lipinski definition) is 1. The number of carboxylic acid groups (broad SMARTS) is 1. The third-order valence-corrected chi connectivity index (χ3v) is 1.80. The lowest BCUT2D eigenvalue weighted by molar-refractivity contribution is 0.0883. The highest BCUT2D eigenvalue weighted by atomic mass is 16.8. The van der Waals surface area contributed by atoms with Crippen LogP contribution in [-0.4, -0.2) is 36.7 Å². The summed E-state index contributed by atoms with van der Waals surface area (Å²) >= 11 is 0. The van der Waals surface area contributed by atoms with Gasteiger partial charge in [0, 0.05) is 0 Å². The first-order valence-corrected chi connectivity index (χ1v) is 4.37. The van der Waals surface area contributed by atoms with E-state index in [0.29, 0.717) is 19.4 Å². The highest BCUT2D eigenvalue weighted by Crippen LogP contribution is 2.12. The van der Waals surface area contributed by atoms with Crippen molar-refractivity contribution < 1.29 is 28.9 Å². The van der Waals surface area contributed by atoms with Crippen molar-refractivity contribution in [2.24, 2.45) is 0 Å². The normalized spacial score (nSPS) is 20.0. The molecule has 0 aliphatic carbocycles. The quantitative estimate of drug-likeness (QED) is 0.538. The van der Waals surface area contributed by atoms with Crippen LogP contribution < -0.4 is 0 Å². The molecule has 1 aliphatic rings. The van der Waals surface area contributed by atoms with E-state index in [0.717, 1.165) is 6.42 Å². The third-order valence-electron chi connectivity index (χ3n) is 1.80. The van der Waals surface area contributed by atoms with Crippen molar-refractivity contribution in [2.45, 2.75) is 25.4 Å². The van der Waals surface area contributed by atoms with Crippen molar-refractivity contribution in [2.75, 3.05) is 13.2 Å². The second kappa shape index (κ2) is 5.31. The molecule has 80 valence electrons. The molecule has 14 heavy (non-hydrogen) atoms. The molecule has 0 spiro atoms. The van der Waals surface area contributed by atoms with E-state index in [9.17, 15) is 9.59 Å². The van der Waals surface area contributed by atoms with Gasteiger partial charge in [-0.1, -0.05) is 0 Å². The lowest BCUT2D eigenvalue weighted by Crippen LogP contribution is -2.10. The number of carbonyl (C=O) groups is 2. The van der Waals surface area contributed by atoms with Gasteiger partial charge in [-0.05, 0) is 19.3 Å². The van der Waals surface area contributed by atoms with E-state index in [2.05, 4.69) is 9.47 Å². The molecule has 0 amide bonds. The molecule has 6 nitrogen and oxygen atoms in total. The van der Waals surface area contributed by atoms with Crippen LogP contribution in [0.3, 0.4) is 0 Å². The van der Waals surface area contributed by atoms with E-state index in [4.69, 9.17) is 9.84 Å². The first kappa shape index (κ1) is 10.6. The third kappa shape index (κ3) is 3.97. The van der Waals surface area contributed by atoms with E-state index in [-0.39, 0.29) is 12.7 Å². The monoisotopic (exact) mass is 204 g/mol. The van der Waals surface area contributed by atoms with Gasteiger partial charge in [0.1, 0.15) is 12.7 Å². The Morgan fingerprint density at radius 2 is 2.36 bits per heavy atom. The van der Waals surface area contributed by atoms with Crippen LogP contribution in [0.4, 0.5) is 9.59 Å². The smallest absolute Gasteiger partial charge is 0.450 e. The molecular formula is C8H12O6. The summed E-state index contributed by atoms with van der Waals surface area (Å²) in [4.78, 5) is 20.4. The highest BCUT2D eigenvalue weighted by molar-refractivity contribution is 5.61. The molecule has 1 heterocycles. The summed E-state index contributed by atoms with van der Waals surface area (Å²) in [5.41, 5.74) is 0. The van der Waals surface area contributed by atoms with Gasteiger partial charge in [0.25, 0.3) is 0 Å². The van der Waals surface area contributed by atoms with Crippen LogP contribution in [0.1, 0.15) is 19.3 Å². The van der Waals surface area contributed by atoms with Gasteiger partial charge in [-0.15, -0.1) is 0 Å². The summed E-state index contributed by atoms with van der Waals surface area (Å²) in [5, 5.41) is 8.15. The molecule has 0 radical (unpaired) electrons. The molecule has 1 rings (SSSR count). The van der Waals surface area contributed by atoms with Crippen LogP contribution in [0.2, 0.25) is 0 Å². The zero-order valence-electron chi connectivity index (χ0n) is 7.60. The second-order valence-corrected chi connectivity index (χ2v) is 2.91. The lowest BCUT2D eigenvalue weighted by Gasteiger charge is -2.05. The standard InChI is InChI=1S/C8H12O6/c9-7(10)12-4-2-1-3-6-5-13-8(11)14-6/h6H,1-5H2,(H,9,10). The van der Waals surface area contributed by atoms with Crippen LogP contribution in [0.25, 0.3) is 0 Å². The molecule has 1 aliphatic heterocycles. The summed E-state index contributed by atoms with van der Waals surface area (Å²) in [7, 11) is 0. The van der Waals surface area contributed by atoms with Crippen molar-refractivity contribution >= 4 is 12.3 Å². The van der Waals surface area contributed by atoms with E-state index in [1.54, 1.807) is 0 Å². The SMILES string of the molecule is O=C(O)OCCCCC1COC(=O)O1. The van der Waals surface area contributed by atoms with E-state index in [1.807, 2.05) is 0 Å². The van der Waals surface area contributed by atoms with Crippen molar-refractivity contribution in [1.82, 2.24) is 0 Å². The van der Waals surface area contributed by atoms with Crippen LogP contribution in [0.15, 0.2) is 0 Å². The van der Waals surface area contributed by atoms with Gasteiger partial charge in [-0.3, -0.25) is 0 Å². The number of cyclic esters (lactones) is 2. The minimum Gasteiger partial charge on any atom is -0.450 e. The van der Waals surface area contributed by atoms with Gasteiger partial charge in [0.05, 0.1) is 6.61 Å². The second-order valence-electron chi connectivity index (χ2n) is 2.91. The van der Waals surface area contributed by atoms with Crippen molar-refractivity contribution in [3.63, 3.8) is 0 Å². The maximum Gasteiger partial charge on any atom is 0.508 e. The number of hydrogen-bond acceptors (Lipinski definition) is 5. The van der Waals surface area contributed by atoms with Gasteiger partial charge in [-0.2, -0.15) is 0 Å². The number of ether oxygens (including phenoxy) is 3. The Hall–Kier alpha value is -1.46. The molecule has 1 atom stereocenters. The first-order chi connectivity index (χ1) is 6.68. The van der Waals surface area contributed by atoms with Crippen molar-refractivity contribution in [3.05, 3.63) is 0 Å². The molecule has 6 heteroatoms. The molecule has 0 aromatic carbocycles. The summed E-state index contributed by atoms with van der Waals surface area (Å²) in [6.45, 7) is 0.468. The molecule has 1 fully saturated rings. The predicted molar refractivity (Wildman–Crippen MR) is 44.0 cm³/mol. The molecule has 1 unspecified atom stereocenters. The number of carbonyl (C=O) groups excluding carboxylic acids is 1. The van der Waals surface area contributed by atoms with Gasteiger partial charge in [0.15, 0.2) is 0 Å². The Kier molecular flexibility index (Phi) is 4.03. The zero-order valence-corrected chi connectivity index (χ0v) is 7.60. The maximum atomic E-state index is 10.5. The van der Waals surface area contributed by atoms with E-state index in [1.165, 1.54) is 0 Å². The number of rotatable bonds is 5. The highest BCUT2D eigenvalue weighted by Gasteiger charge is 2.23. The van der Waals surface area contributed by atoms with Crippen molar-refractivity contribution in [1.29, 1.82) is 0 Å². The molecular weight excluding hydrogens is 192 g/mol. The Labute approximate surface area is 80.7 Å². The number of unbranched alkanes of at least 4 members (excludes halogenated alkanes) is 1. The van der Waals surface area contributed by atoms with Crippen LogP contribution in [0, 0.1) is 0 Å². The van der Waals surface area contributed by atoms with Gasteiger partial charge < -0.3 is 19.3 Å². The lowest BCUT2D eigenvalue weighted by atomic mass is 10.2. The summed E-state index contributed by atoms with van der Waals surface area (Å²) in [6, 6.07) is 0. The molecule has 0 aromatic heterocycles. The predicted octanol–water partition coefficient (Wildman–Crippen LogP) is 1.39. The fourth-order valence-corrected chi connectivity index (χ4v) is 1.14. The Balaban J connectivity index is 1.94. The fourth-order valence-electron chi connectivity index (χ4n) is 1.14. The summed E-state index contributed by atoms with van der Waals surface area (Å²) in [5.74, 6) is 0. The maximum absolute atomic E-state index is 10.5. The molecule has 0 saturated carbocycles. The molecule has 0 aromatic rings. The fraction of sp³-hybridized carbons (Fsp3) is 0.750. The Morgan fingerprint density at radius 3 is 2.93 bits per heavy atom. The average molecular weight is 204 g/mol.